The maximum Gasteiger partial charge on any atom is 0.129 e. The van der Waals surface area contributed by atoms with Crippen LogP contribution in [0.25, 0.3) is 0 Å². The van der Waals surface area contributed by atoms with Crippen LogP contribution >= 0.6 is 0 Å². The molecule has 2 nitrogen and oxygen atoms in total. The molecule has 18 heavy (non-hydrogen) atoms. The molecule has 0 spiro atoms. The highest BCUT2D eigenvalue weighted by Gasteiger charge is 2.24. The minimum atomic E-state index is -0.730. The van der Waals surface area contributed by atoms with Crippen molar-refractivity contribution in [2.45, 2.75) is 51.7 Å². The zero-order valence-electron chi connectivity index (χ0n) is 11.3. The van der Waals surface area contributed by atoms with Crippen molar-refractivity contribution in [3.63, 3.8) is 0 Å². The summed E-state index contributed by atoms with van der Waals surface area (Å²) in [5.74, 6) is -0.322. The highest BCUT2D eigenvalue weighted by molar-refractivity contribution is 5.21. The van der Waals surface area contributed by atoms with Crippen molar-refractivity contribution in [3.05, 3.63) is 35.6 Å². The molecule has 102 valence electrons. The van der Waals surface area contributed by atoms with Crippen molar-refractivity contribution in [1.82, 2.24) is 5.32 Å². The molecule has 2 atom stereocenters. The van der Waals surface area contributed by atoms with Crippen molar-refractivity contribution >= 4 is 0 Å². The van der Waals surface area contributed by atoms with Gasteiger partial charge >= 0.3 is 0 Å². The SMILES string of the molecule is CCC.OC(c1ccccc1F)C1CCCCN1. The average Bonchev–Trinajstić information content (AvgIpc) is 2.40. The van der Waals surface area contributed by atoms with Crippen molar-refractivity contribution in [1.29, 1.82) is 0 Å². The van der Waals surface area contributed by atoms with Crippen LogP contribution in [-0.2, 0) is 0 Å². The zero-order chi connectivity index (χ0) is 13.4. The highest BCUT2D eigenvalue weighted by atomic mass is 19.1. The van der Waals surface area contributed by atoms with E-state index in [1.165, 1.54) is 12.5 Å². The first-order valence-electron chi connectivity index (χ1n) is 6.86. The molecule has 1 saturated heterocycles. The maximum absolute atomic E-state index is 13.4. The second-order valence-electron chi connectivity index (χ2n) is 4.73. The lowest BCUT2D eigenvalue weighted by atomic mass is 9.95. The van der Waals surface area contributed by atoms with Crippen LogP contribution in [-0.4, -0.2) is 17.7 Å². The lowest BCUT2D eigenvalue weighted by Crippen LogP contribution is -2.39. The van der Waals surface area contributed by atoms with E-state index < -0.39 is 6.10 Å². The Kier molecular flexibility index (Phi) is 6.91. The first kappa shape index (κ1) is 15.1. The van der Waals surface area contributed by atoms with Gasteiger partial charge in [-0.2, -0.15) is 0 Å². The van der Waals surface area contributed by atoms with Crippen molar-refractivity contribution in [3.8, 4) is 0 Å². The van der Waals surface area contributed by atoms with E-state index in [2.05, 4.69) is 19.2 Å². The molecule has 0 saturated carbocycles. The number of aliphatic hydroxyl groups excluding tert-OH is 1. The Bertz CT molecular complexity index is 337. The molecule has 0 aromatic heterocycles. The second kappa shape index (κ2) is 8.22. The first-order valence-corrected chi connectivity index (χ1v) is 6.86. The molecule has 1 aromatic carbocycles. The van der Waals surface area contributed by atoms with Crippen molar-refractivity contribution in [2.75, 3.05) is 6.54 Å². The molecule has 0 radical (unpaired) electrons. The zero-order valence-corrected chi connectivity index (χ0v) is 11.3. The van der Waals surface area contributed by atoms with E-state index in [1.54, 1.807) is 18.2 Å². The summed E-state index contributed by atoms with van der Waals surface area (Å²) in [7, 11) is 0. The fourth-order valence-corrected chi connectivity index (χ4v) is 2.08. The lowest BCUT2D eigenvalue weighted by molar-refractivity contribution is 0.110. The van der Waals surface area contributed by atoms with Gasteiger partial charge in [-0.1, -0.05) is 44.9 Å². The number of halogens is 1. The Balaban J connectivity index is 0.000000492. The van der Waals surface area contributed by atoms with Gasteiger partial charge in [-0.25, -0.2) is 4.39 Å². The molecule has 3 heteroatoms. The predicted octanol–water partition coefficient (Wildman–Crippen LogP) is 3.42. The number of piperidine rings is 1. The van der Waals surface area contributed by atoms with Gasteiger partial charge in [0.05, 0.1) is 6.10 Å². The second-order valence-corrected chi connectivity index (χ2v) is 4.73. The quantitative estimate of drug-likeness (QED) is 0.846. The molecule has 1 aliphatic heterocycles. The number of nitrogens with one attached hydrogen (secondary N) is 1. The van der Waals surface area contributed by atoms with Crippen LogP contribution in [0.15, 0.2) is 24.3 Å². The van der Waals surface area contributed by atoms with E-state index in [1.807, 2.05) is 0 Å². The first-order chi connectivity index (χ1) is 8.70. The number of hydrogen-bond donors (Lipinski definition) is 2. The summed E-state index contributed by atoms with van der Waals surface area (Å²) < 4.78 is 13.4. The third-order valence-corrected chi connectivity index (χ3v) is 2.95. The average molecular weight is 253 g/mol. The fraction of sp³-hybridized carbons (Fsp3) is 0.600. The van der Waals surface area contributed by atoms with Crippen LogP contribution < -0.4 is 5.32 Å². The van der Waals surface area contributed by atoms with Gasteiger partial charge in [-0.15, -0.1) is 0 Å². The minimum Gasteiger partial charge on any atom is -0.387 e. The molecule has 1 aliphatic rings. The van der Waals surface area contributed by atoms with Crippen molar-refractivity contribution in [2.24, 2.45) is 0 Å². The van der Waals surface area contributed by atoms with Gasteiger partial charge < -0.3 is 10.4 Å². The van der Waals surface area contributed by atoms with Gasteiger partial charge in [0.25, 0.3) is 0 Å². The molecular weight excluding hydrogens is 229 g/mol. The molecule has 1 heterocycles. The van der Waals surface area contributed by atoms with E-state index in [0.717, 1.165) is 25.8 Å². The van der Waals surface area contributed by atoms with Gasteiger partial charge in [0.15, 0.2) is 0 Å². The van der Waals surface area contributed by atoms with Crippen LogP contribution in [0, 0.1) is 5.82 Å². The topological polar surface area (TPSA) is 32.3 Å². The van der Waals surface area contributed by atoms with Gasteiger partial charge in [0.1, 0.15) is 5.82 Å². The van der Waals surface area contributed by atoms with Crippen LogP contribution in [0.3, 0.4) is 0 Å². The van der Waals surface area contributed by atoms with Gasteiger partial charge in [0, 0.05) is 11.6 Å². The molecular formula is C15H24FNO. The Morgan fingerprint density at radius 3 is 2.56 bits per heavy atom. The third kappa shape index (κ3) is 4.39. The summed E-state index contributed by atoms with van der Waals surface area (Å²) in [5, 5.41) is 13.3. The summed E-state index contributed by atoms with van der Waals surface area (Å²) in [4.78, 5) is 0. The number of hydrogen-bond acceptors (Lipinski definition) is 2. The number of rotatable bonds is 2. The molecule has 0 aliphatic carbocycles. The van der Waals surface area contributed by atoms with Crippen LogP contribution in [0.1, 0.15) is 51.2 Å². The van der Waals surface area contributed by atoms with Crippen LogP contribution in [0.5, 0.6) is 0 Å². The van der Waals surface area contributed by atoms with E-state index in [9.17, 15) is 9.50 Å². The van der Waals surface area contributed by atoms with E-state index in [0.29, 0.717) is 5.56 Å². The Morgan fingerprint density at radius 2 is 2.00 bits per heavy atom. The molecule has 1 aromatic rings. The molecule has 2 rings (SSSR count). The largest absolute Gasteiger partial charge is 0.387 e. The van der Waals surface area contributed by atoms with E-state index in [-0.39, 0.29) is 11.9 Å². The normalized spacial score (nSPS) is 20.8. The fourth-order valence-electron chi connectivity index (χ4n) is 2.08. The molecule has 0 bridgehead atoms. The Hall–Kier alpha value is -0.930. The summed E-state index contributed by atoms with van der Waals surface area (Å²) in [5.41, 5.74) is 0.400. The maximum atomic E-state index is 13.4. The monoisotopic (exact) mass is 253 g/mol. The molecule has 2 unspecified atom stereocenters. The van der Waals surface area contributed by atoms with Crippen LogP contribution in [0.2, 0.25) is 0 Å². The van der Waals surface area contributed by atoms with Gasteiger partial charge in [0.2, 0.25) is 0 Å². The summed E-state index contributed by atoms with van der Waals surface area (Å²) >= 11 is 0. The van der Waals surface area contributed by atoms with Gasteiger partial charge in [-0.05, 0) is 25.5 Å². The minimum absolute atomic E-state index is 0.00403. The summed E-state index contributed by atoms with van der Waals surface area (Å²) in [6, 6.07) is 6.43. The smallest absolute Gasteiger partial charge is 0.129 e. The van der Waals surface area contributed by atoms with E-state index in [4.69, 9.17) is 0 Å². The number of aliphatic hydroxyl groups is 1. The number of benzene rings is 1. The Morgan fingerprint density at radius 1 is 1.33 bits per heavy atom. The van der Waals surface area contributed by atoms with E-state index >= 15 is 0 Å². The van der Waals surface area contributed by atoms with Gasteiger partial charge in [-0.3, -0.25) is 0 Å². The van der Waals surface area contributed by atoms with Crippen molar-refractivity contribution < 1.29 is 9.50 Å². The third-order valence-electron chi connectivity index (χ3n) is 2.95. The van der Waals surface area contributed by atoms with Crippen LogP contribution in [0.4, 0.5) is 4.39 Å². The summed E-state index contributed by atoms with van der Waals surface area (Å²) in [6.45, 7) is 5.16. The molecule has 2 N–H and O–H groups in total. The highest BCUT2D eigenvalue weighted by Crippen LogP contribution is 2.24. The standard InChI is InChI=1S/C12H16FNO.C3H8/c13-10-6-2-1-5-9(10)12(15)11-7-3-4-8-14-11;1-3-2/h1-2,5-6,11-12,14-15H,3-4,7-8H2;3H2,1-2H3. The molecule has 0 amide bonds. The summed E-state index contributed by atoms with van der Waals surface area (Å²) in [6.07, 6.45) is 3.67. The predicted molar refractivity (Wildman–Crippen MR) is 73.0 cm³/mol. The lowest BCUT2D eigenvalue weighted by Gasteiger charge is -2.28. The Labute approximate surface area is 109 Å². The molecule has 1 fully saturated rings.